The first kappa shape index (κ1) is 13.3. The number of fused-ring (bicyclic) bond motifs is 1. The molecule has 0 radical (unpaired) electrons. The van der Waals surface area contributed by atoms with Crippen LogP contribution in [-0.2, 0) is 9.53 Å². The van der Waals surface area contributed by atoms with Gasteiger partial charge in [-0.25, -0.2) is 4.98 Å². The fraction of sp³-hybridized carbons (Fsp3) is 0.333. The molecule has 4 heteroatoms. The Morgan fingerprint density at radius 3 is 2.79 bits per heavy atom. The number of rotatable bonds is 5. The van der Waals surface area contributed by atoms with Crippen molar-refractivity contribution in [1.29, 1.82) is 0 Å². The van der Waals surface area contributed by atoms with Crippen molar-refractivity contribution in [3.05, 3.63) is 36.4 Å². The fourth-order valence-corrected chi connectivity index (χ4v) is 2.00. The molecule has 0 amide bonds. The molecule has 19 heavy (non-hydrogen) atoms. The summed E-state index contributed by atoms with van der Waals surface area (Å²) in [5, 5.41) is 1.10. The number of anilines is 1. The summed E-state index contributed by atoms with van der Waals surface area (Å²) >= 11 is 0. The molecular weight excluding hydrogens is 240 g/mol. The number of hydrogen-bond acceptors (Lipinski definition) is 4. The van der Waals surface area contributed by atoms with Crippen LogP contribution in [0.2, 0.25) is 0 Å². The van der Waals surface area contributed by atoms with Crippen molar-refractivity contribution in [3.63, 3.8) is 0 Å². The van der Waals surface area contributed by atoms with E-state index in [0.29, 0.717) is 0 Å². The number of pyridine rings is 1. The first-order chi connectivity index (χ1) is 9.24. The van der Waals surface area contributed by atoms with E-state index in [1.54, 1.807) is 0 Å². The van der Waals surface area contributed by atoms with E-state index in [-0.39, 0.29) is 12.5 Å². The zero-order valence-corrected chi connectivity index (χ0v) is 11.3. The Kier molecular flexibility index (Phi) is 4.34. The summed E-state index contributed by atoms with van der Waals surface area (Å²) in [6, 6.07) is 11.9. The standard InChI is InChI=1S/C15H18N2O2/c1-3-10-17(11-15(18)19-2)14-9-8-12-6-4-5-7-13(12)16-14/h4-9H,3,10-11H2,1-2H3. The predicted octanol–water partition coefficient (Wildman–Crippen LogP) is 2.62. The van der Waals surface area contributed by atoms with E-state index < -0.39 is 0 Å². The maximum Gasteiger partial charge on any atom is 0.325 e. The number of carbonyl (C=O) groups is 1. The van der Waals surface area contributed by atoms with Crippen molar-refractivity contribution in [2.45, 2.75) is 13.3 Å². The van der Waals surface area contributed by atoms with E-state index >= 15 is 0 Å². The Hall–Kier alpha value is -2.10. The molecule has 0 saturated carbocycles. The highest BCUT2D eigenvalue weighted by atomic mass is 16.5. The molecule has 2 aromatic rings. The lowest BCUT2D eigenvalue weighted by Gasteiger charge is -2.22. The average molecular weight is 258 g/mol. The third-order valence-electron chi connectivity index (χ3n) is 2.95. The van der Waals surface area contributed by atoms with Crippen LogP contribution in [0.25, 0.3) is 10.9 Å². The van der Waals surface area contributed by atoms with E-state index in [2.05, 4.69) is 11.9 Å². The van der Waals surface area contributed by atoms with Crippen molar-refractivity contribution in [3.8, 4) is 0 Å². The Balaban J connectivity index is 2.30. The van der Waals surface area contributed by atoms with E-state index in [1.165, 1.54) is 7.11 Å². The summed E-state index contributed by atoms with van der Waals surface area (Å²) in [5.41, 5.74) is 0.936. The molecule has 0 unspecified atom stereocenters. The summed E-state index contributed by atoms with van der Waals surface area (Å²) in [5.74, 6) is 0.564. The smallest absolute Gasteiger partial charge is 0.325 e. The van der Waals surface area contributed by atoms with Crippen LogP contribution in [0.3, 0.4) is 0 Å². The van der Waals surface area contributed by atoms with Crippen LogP contribution in [0.4, 0.5) is 5.82 Å². The maximum atomic E-state index is 11.4. The number of aromatic nitrogens is 1. The maximum absolute atomic E-state index is 11.4. The third kappa shape index (κ3) is 3.22. The molecule has 100 valence electrons. The van der Waals surface area contributed by atoms with Gasteiger partial charge in [0.1, 0.15) is 12.4 Å². The van der Waals surface area contributed by atoms with Gasteiger partial charge in [-0.3, -0.25) is 4.79 Å². The van der Waals surface area contributed by atoms with Crippen molar-refractivity contribution in [1.82, 2.24) is 4.98 Å². The van der Waals surface area contributed by atoms with Crippen molar-refractivity contribution < 1.29 is 9.53 Å². The molecule has 0 fully saturated rings. The van der Waals surface area contributed by atoms with Gasteiger partial charge in [0.25, 0.3) is 0 Å². The topological polar surface area (TPSA) is 42.4 Å². The second kappa shape index (κ2) is 6.18. The van der Waals surface area contributed by atoms with Gasteiger partial charge in [-0.05, 0) is 24.6 Å². The van der Waals surface area contributed by atoms with Crippen LogP contribution in [0.15, 0.2) is 36.4 Å². The lowest BCUT2D eigenvalue weighted by Crippen LogP contribution is -2.31. The van der Waals surface area contributed by atoms with Crippen molar-refractivity contribution >= 4 is 22.7 Å². The molecule has 0 spiro atoms. The van der Waals surface area contributed by atoms with E-state index in [0.717, 1.165) is 29.7 Å². The van der Waals surface area contributed by atoms with Crippen LogP contribution in [0, 0.1) is 0 Å². The van der Waals surface area contributed by atoms with Crippen LogP contribution in [0.1, 0.15) is 13.3 Å². The molecule has 0 aliphatic rings. The molecule has 0 saturated heterocycles. The van der Waals surface area contributed by atoms with Gasteiger partial charge >= 0.3 is 5.97 Å². The molecule has 0 bridgehead atoms. The minimum Gasteiger partial charge on any atom is -0.468 e. The zero-order chi connectivity index (χ0) is 13.7. The van der Waals surface area contributed by atoms with Gasteiger partial charge < -0.3 is 9.64 Å². The summed E-state index contributed by atoms with van der Waals surface area (Å²) in [6.45, 7) is 3.08. The largest absolute Gasteiger partial charge is 0.468 e. The average Bonchev–Trinajstić information content (AvgIpc) is 2.46. The molecule has 0 aliphatic carbocycles. The summed E-state index contributed by atoms with van der Waals surface area (Å²) in [4.78, 5) is 18.0. The van der Waals surface area contributed by atoms with Crippen LogP contribution < -0.4 is 4.90 Å². The molecule has 0 atom stereocenters. The second-order valence-corrected chi connectivity index (χ2v) is 4.36. The molecule has 1 aromatic carbocycles. The lowest BCUT2D eigenvalue weighted by atomic mass is 10.2. The molecule has 1 heterocycles. The zero-order valence-electron chi connectivity index (χ0n) is 11.3. The van der Waals surface area contributed by atoms with Crippen molar-refractivity contribution in [2.24, 2.45) is 0 Å². The van der Waals surface area contributed by atoms with Crippen molar-refractivity contribution in [2.75, 3.05) is 25.1 Å². The second-order valence-electron chi connectivity index (χ2n) is 4.36. The number of methoxy groups -OCH3 is 1. The van der Waals surface area contributed by atoms with Crippen LogP contribution in [-0.4, -0.2) is 31.2 Å². The highest BCUT2D eigenvalue weighted by Gasteiger charge is 2.12. The van der Waals surface area contributed by atoms with Gasteiger partial charge in [0.05, 0.1) is 12.6 Å². The highest BCUT2D eigenvalue weighted by Crippen LogP contribution is 2.18. The van der Waals surface area contributed by atoms with E-state index in [9.17, 15) is 4.79 Å². The number of benzene rings is 1. The first-order valence-electron chi connectivity index (χ1n) is 6.42. The number of ether oxygens (including phenoxy) is 1. The quantitative estimate of drug-likeness (QED) is 0.773. The Labute approximate surface area is 113 Å². The number of para-hydroxylation sites is 1. The SMILES string of the molecule is CCCN(CC(=O)OC)c1ccc2ccccc2n1. The van der Waals surface area contributed by atoms with Gasteiger partial charge in [-0.1, -0.05) is 25.1 Å². The molecular formula is C15H18N2O2. The van der Waals surface area contributed by atoms with E-state index in [4.69, 9.17) is 4.74 Å². The minimum absolute atomic E-state index is 0.232. The molecule has 0 N–H and O–H groups in total. The van der Waals surface area contributed by atoms with Crippen LogP contribution >= 0.6 is 0 Å². The third-order valence-corrected chi connectivity index (χ3v) is 2.95. The normalized spacial score (nSPS) is 10.4. The van der Waals surface area contributed by atoms with Gasteiger partial charge in [0.2, 0.25) is 0 Å². The molecule has 1 aromatic heterocycles. The van der Waals surface area contributed by atoms with E-state index in [1.807, 2.05) is 41.3 Å². The monoisotopic (exact) mass is 258 g/mol. The number of esters is 1. The summed E-state index contributed by atoms with van der Waals surface area (Å²) in [6.07, 6.45) is 0.950. The van der Waals surface area contributed by atoms with Crippen LogP contribution in [0.5, 0.6) is 0 Å². The fourth-order valence-electron chi connectivity index (χ4n) is 2.00. The lowest BCUT2D eigenvalue weighted by molar-refractivity contribution is -0.138. The predicted molar refractivity (Wildman–Crippen MR) is 76.3 cm³/mol. The molecule has 2 rings (SSSR count). The minimum atomic E-state index is -0.247. The Bertz CT molecular complexity index is 569. The highest BCUT2D eigenvalue weighted by molar-refractivity contribution is 5.81. The van der Waals surface area contributed by atoms with Gasteiger partial charge in [-0.2, -0.15) is 0 Å². The van der Waals surface area contributed by atoms with Gasteiger partial charge in [-0.15, -0.1) is 0 Å². The number of carbonyl (C=O) groups excluding carboxylic acids is 1. The first-order valence-corrected chi connectivity index (χ1v) is 6.42. The summed E-state index contributed by atoms with van der Waals surface area (Å²) in [7, 11) is 1.40. The van der Waals surface area contributed by atoms with Gasteiger partial charge in [0, 0.05) is 11.9 Å². The Morgan fingerprint density at radius 2 is 2.05 bits per heavy atom. The van der Waals surface area contributed by atoms with Gasteiger partial charge in [0.15, 0.2) is 0 Å². The number of hydrogen-bond donors (Lipinski definition) is 0. The molecule has 4 nitrogen and oxygen atoms in total. The molecule has 0 aliphatic heterocycles. The summed E-state index contributed by atoms with van der Waals surface area (Å²) < 4.78 is 4.73. The number of nitrogens with zero attached hydrogens (tertiary/aromatic N) is 2. The Morgan fingerprint density at radius 1 is 1.26 bits per heavy atom.